The van der Waals surface area contributed by atoms with E-state index in [1.54, 1.807) is 0 Å². The zero-order valence-corrected chi connectivity index (χ0v) is 17.0. The van der Waals surface area contributed by atoms with Crippen molar-refractivity contribution < 1.29 is 9.26 Å². The van der Waals surface area contributed by atoms with E-state index >= 15 is 0 Å². The predicted octanol–water partition coefficient (Wildman–Crippen LogP) is 3.63. The normalized spacial score (nSPS) is 25.4. The number of nitrogens with zero attached hydrogens (tertiary/aromatic N) is 2. The zero-order valence-electron chi connectivity index (χ0n) is 17.0. The molecular formula is C22H32N4O2. The fourth-order valence-corrected chi connectivity index (χ4v) is 4.53. The number of aromatic nitrogens is 1. The van der Waals surface area contributed by atoms with Crippen molar-refractivity contribution >= 4 is 0 Å². The number of likely N-dealkylation sites (tertiary alicyclic amines) is 1. The summed E-state index contributed by atoms with van der Waals surface area (Å²) in [6, 6.07) is 11.4. The number of ether oxygens (including phenoxy) is 1. The Labute approximate surface area is 167 Å². The molecule has 0 aliphatic carbocycles. The molecule has 1 aromatic heterocycles. The number of benzene rings is 1. The van der Waals surface area contributed by atoms with Crippen LogP contribution < -0.4 is 15.6 Å². The molecule has 2 aliphatic rings. The Kier molecular flexibility index (Phi) is 6.29. The van der Waals surface area contributed by atoms with Gasteiger partial charge in [-0.15, -0.1) is 0 Å². The topological polar surface area (TPSA) is 62.6 Å². The maximum Gasteiger partial charge on any atom is 0.137 e. The van der Waals surface area contributed by atoms with Gasteiger partial charge in [0, 0.05) is 31.5 Å². The first-order chi connectivity index (χ1) is 13.8. The van der Waals surface area contributed by atoms with Gasteiger partial charge in [-0.25, -0.2) is 5.43 Å². The molecule has 28 heavy (non-hydrogen) atoms. The second kappa shape index (κ2) is 9.07. The van der Waals surface area contributed by atoms with Crippen molar-refractivity contribution in [1.29, 1.82) is 0 Å². The molecule has 6 nitrogen and oxygen atoms in total. The molecule has 0 amide bonds. The van der Waals surface area contributed by atoms with Crippen molar-refractivity contribution in [1.82, 2.24) is 20.9 Å². The highest BCUT2D eigenvalue weighted by molar-refractivity contribution is 5.30. The molecular weight excluding hydrogens is 352 g/mol. The Hall–Kier alpha value is -1.89. The highest BCUT2D eigenvalue weighted by Crippen LogP contribution is 2.35. The monoisotopic (exact) mass is 384 g/mol. The van der Waals surface area contributed by atoms with Crippen LogP contribution in [0.5, 0.6) is 5.75 Å². The lowest BCUT2D eigenvalue weighted by Crippen LogP contribution is -2.33. The van der Waals surface area contributed by atoms with E-state index in [4.69, 9.17) is 9.26 Å². The van der Waals surface area contributed by atoms with Gasteiger partial charge in [0.25, 0.3) is 0 Å². The van der Waals surface area contributed by atoms with Crippen LogP contribution in [-0.4, -0.2) is 36.3 Å². The molecule has 0 saturated carbocycles. The van der Waals surface area contributed by atoms with E-state index < -0.39 is 0 Å². The van der Waals surface area contributed by atoms with Crippen molar-refractivity contribution in [3.8, 4) is 5.75 Å². The van der Waals surface area contributed by atoms with Crippen LogP contribution in [0.2, 0.25) is 0 Å². The molecule has 4 rings (SSSR count). The molecule has 152 valence electrons. The van der Waals surface area contributed by atoms with E-state index in [2.05, 4.69) is 58.2 Å². The fraction of sp³-hybridized carbons (Fsp3) is 0.591. The highest BCUT2D eigenvalue weighted by atomic mass is 16.5. The number of hydrogen-bond donors (Lipinski definition) is 2. The smallest absolute Gasteiger partial charge is 0.137 e. The van der Waals surface area contributed by atoms with E-state index in [-0.39, 0.29) is 0 Å². The van der Waals surface area contributed by atoms with Gasteiger partial charge in [0.15, 0.2) is 0 Å². The van der Waals surface area contributed by atoms with Gasteiger partial charge in [0.2, 0.25) is 0 Å². The van der Waals surface area contributed by atoms with Crippen LogP contribution in [0.25, 0.3) is 0 Å². The summed E-state index contributed by atoms with van der Waals surface area (Å²) in [4.78, 5) is 2.59. The van der Waals surface area contributed by atoms with E-state index in [0.717, 1.165) is 49.7 Å². The summed E-state index contributed by atoms with van der Waals surface area (Å²) < 4.78 is 11.1. The predicted molar refractivity (Wildman–Crippen MR) is 109 cm³/mol. The SMILES string of the molecule is CCCc1cc(C2CCCN2CC2CNNC2c2ccc(OCC)cc2)no1. The number of hydrogen-bond acceptors (Lipinski definition) is 6. The first-order valence-corrected chi connectivity index (χ1v) is 10.7. The molecule has 0 spiro atoms. The van der Waals surface area contributed by atoms with Crippen LogP contribution >= 0.6 is 0 Å². The summed E-state index contributed by atoms with van der Waals surface area (Å²) in [7, 11) is 0. The third-order valence-corrected chi connectivity index (χ3v) is 5.89. The minimum Gasteiger partial charge on any atom is -0.494 e. The summed E-state index contributed by atoms with van der Waals surface area (Å²) >= 11 is 0. The quantitative estimate of drug-likeness (QED) is 0.725. The molecule has 0 radical (unpaired) electrons. The minimum atomic E-state index is 0.310. The number of hydrazine groups is 1. The maximum atomic E-state index is 5.58. The largest absolute Gasteiger partial charge is 0.494 e. The van der Waals surface area contributed by atoms with Crippen molar-refractivity contribution in [2.45, 2.75) is 51.6 Å². The molecule has 6 heteroatoms. The molecule has 1 aromatic carbocycles. The van der Waals surface area contributed by atoms with E-state index in [1.165, 1.54) is 18.4 Å². The van der Waals surface area contributed by atoms with Crippen LogP contribution in [0.4, 0.5) is 0 Å². The van der Waals surface area contributed by atoms with Gasteiger partial charge in [-0.3, -0.25) is 10.3 Å². The van der Waals surface area contributed by atoms with Gasteiger partial charge >= 0.3 is 0 Å². The molecule has 2 aromatic rings. The van der Waals surface area contributed by atoms with Crippen LogP contribution in [0, 0.1) is 5.92 Å². The Bertz CT molecular complexity index is 745. The second-order valence-electron chi connectivity index (χ2n) is 7.89. The Morgan fingerprint density at radius 1 is 1.25 bits per heavy atom. The summed E-state index contributed by atoms with van der Waals surface area (Å²) in [5, 5.41) is 4.38. The first kappa shape index (κ1) is 19.4. The number of aryl methyl sites for hydroxylation is 1. The lowest BCUT2D eigenvalue weighted by Gasteiger charge is -2.28. The molecule has 3 atom stereocenters. The van der Waals surface area contributed by atoms with Gasteiger partial charge in [-0.1, -0.05) is 24.2 Å². The second-order valence-corrected chi connectivity index (χ2v) is 7.89. The lowest BCUT2D eigenvalue weighted by atomic mass is 9.94. The lowest BCUT2D eigenvalue weighted by molar-refractivity contribution is 0.203. The van der Waals surface area contributed by atoms with Crippen LogP contribution in [0.1, 0.15) is 62.2 Å². The Balaban J connectivity index is 1.42. The molecule has 2 fully saturated rings. The van der Waals surface area contributed by atoms with Crippen LogP contribution in [0.3, 0.4) is 0 Å². The first-order valence-electron chi connectivity index (χ1n) is 10.7. The third-order valence-electron chi connectivity index (χ3n) is 5.89. The van der Waals surface area contributed by atoms with E-state index in [0.29, 0.717) is 24.6 Å². The van der Waals surface area contributed by atoms with Crippen LogP contribution in [-0.2, 0) is 6.42 Å². The van der Waals surface area contributed by atoms with Gasteiger partial charge in [-0.05, 0) is 50.4 Å². The number of nitrogens with one attached hydrogen (secondary N) is 2. The average molecular weight is 385 g/mol. The van der Waals surface area contributed by atoms with E-state index in [9.17, 15) is 0 Å². The Morgan fingerprint density at radius 2 is 2.11 bits per heavy atom. The Morgan fingerprint density at radius 3 is 2.89 bits per heavy atom. The summed E-state index contributed by atoms with van der Waals surface area (Å²) in [6.45, 7) is 8.04. The zero-order chi connectivity index (χ0) is 19.3. The van der Waals surface area contributed by atoms with Crippen molar-refractivity contribution in [2.24, 2.45) is 5.92 Å². The maximum absolute atomic E-state index is 5.58. The average Bonchev–Trinajstić information content (AvgIpc) is 3.44. The molecule has 2 N–H and O–H groups in total. The summed E-state index contributed by atoms with van der Waals surface area (Å²) in [6.07, 6.45) is 4.45. The van der Waals surface area contributed by atoms with Gasteiger partial charge < -0.3 is 9.26 Å². The molecule has 3 unspecified atom stereocenters. The molecule has 0 bridgehead atoms. The number of rotatable bonds is 8. The minimum absolute atomic E-state index is 0.310. The molecule has 2 saturated heterocycles. The van der Waals surface area contributed by atoms with Crippen LogP contribution in [0.15, 0.2) is 34.9 Å². The van der Waals surface area contributed by atoms with Gasteiger partial charge in [0.1, 0.15) is 17.2 Å². The highest BCUT2D eigenvalue weighted by Gasteiger charge is 2.35. The van der Waals surface area contributed by atoms with Crippen molar-refractivity contribution in [3.63, 3.8) is 0 Å². The summed E-state index contributed by atoms with van der Waals surface area (Å²) in [5.74, 6) is 2.46. The van der Waals surface area contributed by atoms with Gasteiger partial charge in [0.05, 0.1) is 18.7 Å². The van der Waals surface area contributed by atoms with Crippen molar-refractivity contribution in [2.75, 3.05) is 26.2 Å². The van der Waals surface area contributed by atoms with E-state index in [1.807, 2.05) is 6.92 Å². The fourth-order valence-electron chi connectivity index (χ4n) is 4.53. The summed E-state index contributed by atoms with van der Waals surface area (Å²) in [5.41, 5.74) is 9.26. The van der Waals surface area contributed by atoms with Crippen molar-refractivity contribution in [3.05, 3.63) is 47.3 Å². The molecule has 3 heterocycles. The third kappa shape index (κ3) is 4.24. The van der Waals surface area contributed by atoms with Gasteiger partial charge in [-0.2, -0.15) is 0 Å². The standard InChI is InChI=1S/C22H32N4O2/c1-3-6-19-13-20(25-28-19)21-7-5-12-26(21)15-17-14-23-24-22(17)16-8-10-18(11-9-16)27-4-2/h8-11,13,17,21-24H,3-7,12,14-15H2,1-2H3. The molecule has 2 aliphatic heterocycles.